The highest BCUT2D eigenvalue weighted by atomic mass is 32.2. The number of hydrogen-bond acceptors (Lipinski definition) is 5. The molecule has 1 N–H and O–H groups in total. The molecule has 2 rings (SSSR count). The average Bonchev–Trinajstić information content (AvgIpc) is 2.80. The van der Waals surface area contributed by atoms with Crippen LogP contribution in [0.2, 0.25) is 0 Å². The number of aromatic amines is 1. The fraction of sp³-hybridized carbons (Fsp3) is 0.375. The number of aromatic nitrogens is 3. The number of H-pyrrole nitrogens is 1. The second kappa shape index (κ2) is 6.99. The maximum atomic E-state index is 12.7. The summed E-state index contributed by atoms with van der Waals surface area (Å²) in [7, 11) is 0. The minimum Gasteiger partial charge on any atom is -0.355 e. The predicted octanol–water partition coefficient (Wildman–Crippen LogP) is 4.01. The topological polar surface area (TPSA) is 75.7 Å². The van der Waals surface area contributed by atoms with E-state index in [1.807, 2.05) is 0 Å². The molecule has 134 valence electrons. The molecule has 0 aromatic carbocycles. The molecule has 0 amide bonds. The molecule has 0 saturated carbocycles. The van der Waals surface area contributed by atoms with Crippen LogP contribution < -0.4 is 0 Å². The summed E-state index contributed by atoms with van der Waals surface area (Å²) in [5, 5.41) is -0.858. The molecule has 0 aliphatic carbocycles. The molecular formula is C16H16F3N3O2S. The van der Waals surface area contributed by atoms with Crippen molar-refractivity contribution in [2.24, 2.45) is 0 Å². The number of ketones is 2. The normalized spacial score (nSPS) is 12.9. The van der Waals surface area contributed by atoms with E-state index >= 15 is 0 Å². The molecule has 2 aromatic heterocycles. The highest BCUT2D eigenvalue weighted by molar-refractivity contribution is 8.00. The third-order valence-electron chi connectivity index (χ3n) is 3.61. The van der Waals surface area contributed by atoms with E-state index < -0.39 is 17.1 Å². The van der Waals surface area contributed by atoms with Crippen LogP contribution in [0.25, 0.3) is 0 Å². The number of halogens is 3. The molecule has 9 heteroatoms. The summed E-state index contributed by atoms with van der Waals surface area (Å²) in [5.74, 6) is -0.495. The Labute approximate surface area is 146 Å². The molecule has 2 heterocycles. The largest absolute Gasteiger partial charge is 0.433 e. The molecule has 25 heavy (non-hydrogen) atoms. The van der Waals surface area contributed by atoms with Crippen LogP contribution in [-0.2, 0) is 6.18 Å². The Bertz CT molecular complexity index is 831. The van der Waals surface area contributed by atoms with E-state index in [0.29, 0.717) is 16.8 Å². The van der Waals surface area contributed by atoms with Crippen LogP contribution in [0.1, 0.15) is 51.6 Å². The highest BCUT2D eigenvalue weighted by Crippen LogP contribution is 2.30. The van der Waals surface area contributed by atoms with Gasteiger partial charge in [-0.05, 0) is 39.3 Å². The number of hydrogen-bond donors (Lipinski definition) is 1. The monoisotopic (exact) mass is 371 g/mol. The van der Waals surface area contributed by atoms with Crippen molar-refractivity contribution in [3.63, 3.8) is 0 Å². The molecule has 0 fully saturated rings. The third-order valence-corrected chi connectivity index (χ3v) is 4.59. The van der Waals surface area contributed by atoms with Crippen LogP contribution in [0.3, 0.4) is 0 Å². The number of Topliss-reactive ketones (excluding diaryl/α,β-unsaturated/α-hetero) is 2. The smallest absolute Gasteiger partial charge is 0.355 e. The average molecular weight is 371 g/mol. The first-order valence-electron chi connectivity index (χ1n) is 7.33. The Hall–Kier alpha value is -2.16. The van der Waals surface area contributed by atoms with Gasteiger partial charge in [0.05, 0.1) is 10.9 Å². The first kappa shape index (κ1) is 19.2. The van der Waals surface area contributed by atoms with Crippen LogP contribution in [0, 0.1) is 13.8 Å². The van der Waals surface area contributed by atoms with Crippen molar-refractivity contribution >= 4 is 23.3 Å². The van der Waals surface area contributed by atoms with E-state index in [1.54, 1.807) is 20.8 Å². The lowest BCUT2D eigenvalue weighted by Gasteiger charge is -2.10. The Kier molecular flexibility index (Phi) is 5.36. The Morgan fingerprint density at radius 1 is 1.28 bits per heavy atom. The minimum absolute atomic E-state index is 0.136. The van der Waals surface area contributed by atoms with Crippen LogP contribution in [0.5, 0.6) is 0 Å². The fourth-order valence-electron chi connectivity index (χ4n) is 2.49. The zero-order valence-electron chi connectivity index (χ0n) is 14.0. The van der Waals surface area contributed by atoms with Gasteiger partial charge in [-0.1, -0.05) is 11.8 Å². The molecular weight excluding hydrogens is 355 g/mol. The first-order valence-corrected chi connectivity index (χ1v) is 8.21. The highest BCUT2D eigenvalue weighted by Gasteiger charge is 2.33. The van der Waals surface area contributed by atoms with E-state index in [0.717, 1.165) is 24.0 Å². The van der Waals surface area contributed by atoms with Gasteiger partial charge in [0.2, 0.25) is 0 Å². The molecule has 0 aliphatic heterocycles. The first-order chi connectivity index (χ1) is 11.5. The van der Waals surface area contributed by atoms with Gasteiger partial charge in [0.15, 0.2) is 16.7 Å². The van der Waals surface area contributed by atoms with Crippen molar-refractivity contribution in [1.82, 2.24) is 15.0 Å². The molecule has 2 aromatic rings. The van der Waals surface area contributed by atoms with Crippen molar-refractivity contribution in [2.75, 3.05) is 0 Å². The summed E-state index contributed by atoms with van der Waals surface area (Å²) in [4.78, 5) is 34.4. The molecule has 0 radical (unpaired) electrons. The zero-order valence-corrected chi connectivity index (χ0v) is 14.8. The lowest BCUT2D eigenvalue weighted by atomic mass is 10.0. The van der Waals surface area contributed by atoms with Gasteiger partial charge in [0.25, 0.3) is 0 Å². The molecule has 5 nitrogen and oxygen atoms in total. The van der Waals surface area contributed by atoms with Crippen molar-refractivity contribution in [1.29, 1.82) is 0 Å². The van der Waals surface area contributed by atoms with Gasteiger partial charge < -0.3 is 4.98 Å². The summed E-state index contributed by atoms with van der Waals surface area (Å²) in [6.45, 7) is 6.31. The number of nitrogens with one attached hydrogen (secondary N) is 1. The molecule has 1 unspecified atom stereocenters. The number of carbonyl (C=O) groups excluding carboxylic acids is 2. The van der Waals surface area contributed by atoms with Gasteiger partial charge >= 0.3 is 6.18 Å². The molecule has 1 atom stereocenters. The predicted molar refractivity (Wildman–Crippen MR) is 87.0 cm³/mol. The number of alkyl halides is 3. The standard InChI is InChI=1S/C16H16F3N3O2S/c1-7-12(9(3)23)8(2)21-13(7)14(24)10(4)25-15-20-6-5-11(22-15)16(17,18)19/h5-6,10,21H,1-4H3. The summed E-state index contributed by atoms with van der Waals surface area (Å²) in [6.07, 6.45) is -3.57. The number of rotatable bonds is 5. The minimum atomic E-state index is -4.57. The van der Waals surface area contributed by atoms with Gasteiger partial charge in [-0.3, -0.25) is 9.59 Å². The summed E-state index contributed by atoms with van der Waals surface area (Å²) < 4.78 is 38.1. The van der Waals surface area contributed by atoms with E-state index in [4.69, 9.17) is 0 Å². The van der Waals surface area contributed by atoms with Crippen molar-refractivity contribution in [3.05, 3.63) is 40.5 Å². The van der Waals surface area contributed by atoms with Crippen molar-refractivity contribution in [2.45, 2.75) is 44.3 Å². The van der Waals surface area contributed by atoms with Crippen LogP contribution >= 0.6 is 11.8 Å². The SMILES string of the molecule is CC(=O)c1c(C)[nH]c(C(=O)C(C)Sc2nccc(C(F)(F)F)n2)c1C. The van der Waals surface area contributed by atoms with Crippen LogP contribution in [-0.4, -0.2) is 31.8 Å². The van der Waals surface area contributed by atoms with Crippen LogP contribution in [0.4, 0.5) is 13.2 Å². The van der Waals surface area contributed by atoms with E-state index in [9.17, 15) is 22.8 Å². The number of carbonyl (C=O) groups is 2. The summed E-state index contributed by atoms with van der Waals surface area (Å²) in [5.41, 5.74) is 0.786. The van der Waals surface area contributed by atoms with Gasteiger partial charge in [-0.25, -0.2) is 9.97 Å². The summed E-state index contributed by atoms with van der Waals surface area (Å²) in [6, 6.07) is 0.772. The maximum Gasteiger partial charge on any atom is 0.433 e. The van der Waals surface area contributed by atoms with Crippen LogP contribution in [0.15, 0.2) is 17.4 Å². The maximum absolute atomic E-state index is 12.7. The molecule has 0 saturated heterocycles. The van der Waals surface area contributed by atoms with E-state index in [1.165, 1.54) is 6.92 Å². The van der Waals surface area contributed by atoms with Gasteiger partial charge in [-0.15, -0.1) is 0 Å². The Morgan fingerprint density at radius 2 is 1.92 bits per heavy atom. The number of thioether (sulfide) groups is 1. The fourth-order valence-corrected chi connectivity index (χ4v) is 3.31. The second-order valence-electron chi connectivity index (χ2n) is 5.53. The zero-order chi connectivity index (χ0) is 18.9. The van der Waals surface area contributed by atoms with Gasteiger partial charge in [0, 0.05) is 17.5 Å². The van der Waals surface area contributed by atoms with E-state index in [-0.39, 0.29) is 22.4 Å². The van der Waals surface area contributed by atoms with Crippen molar-refractivity contribution < 1.29 is 22.8 Å². The quantitative estimate of drug-likeness (QED) is 0.488. The van der Waals surface area contributed by atoms with Crippen molar-refractivity contribution in [3.8, 4) is 0 Å². The molecule has 0 spiro atoms. The molecule has 0 aliphatic rings. The Morgan fingerprint density at radius 3 is 2.44 bits per heavy atom. The molecule has 0 bridgehead atoms. The van der Waals surface area contributed by atoms with Gasteiger partial charge in [-0.2, -0.15) is 13.2 Å². The number of aryl methyl sites for hydroxylation is 1. The van der Waals surface area contributed by atoms with E-state index in [2.05, 4.69) is 15.0 Å². The third kappa shape index (κ3) is 4.09. The lowest BCUT2D eigenvalue weighted by Crippen LogP contribution is -2.16. The lowest BCUT2D eigenvalue weighted by molar-refractivity contribution is -0.141. The summed E-state index contributed by atoms with van der Waals surface area (Å²) >= 11 is 0.832. The Balaban J connectivity index is 2.25. The number of nitrogens with zero attached hydrogens (tertiary/aromatic N) is 2. The van der Waals surface area contributed by atoms with Gasteiger partial charge in [0.1, 0.15) is 5.69 Å². The second-order valence-corrected chi connectivity index (χ2v) is 6.84.